The largest absolute Gasteiger partial charge is 0.486 e. The van der Waals surface area contributed by atoms with E-state index in [4.69, 9.17) is 14.5 Å². The van der Waals surface area contributed by atoms with Gasteiger partial charge < -0.3 is 14.4 Å². The molecule has 0 bridgehead atoms. The number of pyridine rings is 1. The van der Waals surface area contributed by atoms with E-state index in [0.29, 0.717) is 19.0 Å². The van der Waals surface area contributed by atoms with Crippen LogP contribution in [0.3, 0.4) is 0 Å². The molecule has 2 aliphatic rings. The highest BCUT2D eigenvalue weighted by atomic mass is 32.2. The molecule has 0 aliphatic carbocycles. The van der Waals surface area contributed by atoms with Crippen molar-refractivity contribution < 1.29 is 14.3 Å². The Bertz CT molecular complexity index is 1100. The molecule has 2 aromatic carbocycles. The number of benzene rings is 2. The van der Waals surface area contributed by atoms with Crippen molar-refractivity contribution in [1.29, 1.82) is 0 Å². The van der Waals surface area contributed by atoms with Gasteiger partial charge in [0.05, 0.1) is 22.3 Å². The molecule has 1 atom stereocenters. The molecule has 6 heteroatoms. The van der Waals surface area contributed by atoms with E-state index in [2.05, 4.69) is 25.1 Å². The summed E-state index contributed by atoms with van der Waals surface area (Å²) >= 11 is 1.52. The molecule has 3 aromatic rings. The fourth-order valence-corrected chi connectivity index (χ4v) is 5.15. The topological polar surface area (TPSA) is 51.7 Å². The van der Waals surface area contributed by atoms with E-state index in [1.54, 1.807) is 0 Å². The average Bonchev–Trinajstić information content (AvgIpc) is 3.27. The predicted molar refractivity (Wildman–Crippen MR) is 118 cm³/mol. The van der Waals surface area contributed by atoms with E-state index >= 15 is 0 Å². The van der Waals surface area contributed by atoms with E-state index < -0.39 is 0 Å². The molecular weight excluding hydrogens is 396 g/mol. The SMILES string of the molecule is Cc1cc(SCC(=O)N2CCC[C@H]2c2ccc3c(c2)OCCO3)nc2ccccc12. The Balaban J connectivity index is 1.30. The van der Waals surface area contributed by atoms with Crippen molar-refractivity contribution in [3.8, 4) is 11.5 Å². The van der Waals surface area contributed by atoms with Crippen LogP contribution in [0.5, 0.6) is 11.5 Å². The minimum atomic E-state index is 0.0974. The standard InChI is InChI=1S/C24H24N2O3S/c1-16-13-23(25-19-6-3-2-5-18(16)19)30-15-24(27)26-10-4-7-20(26)17-8-9-21-22(14-17)29-12-11-28-21/h2-3,5-6,8-9,13-14,20H,4,7,10-12,15H2,1H3/t20-/m0/s1. The number of likely N-dealkylation sites (tertiary alicyclic amines) is 1. The van der Waals surface area contributed by atoms with Crippen LogP contribution in [0, 0.1) is 6.92 Å². The van der Waals surface area contributed by atoms with Crippen molar-refractivity contribution in [3.05, 3.63) is 59.7 Å². The van der Waals surface area contributed by atoms with Crippen molar-refractivity contribution in [2.75, 3.05) is 25.5 Å². The number of carbonyl (C=O) groups excluding carboxylic acids is 1. The molecule has 3 heterocycles. The number of carbonyl (C=O) groups is 1. The van der Waals surface area contributed by atoms with Gasteiger partial charge in [-0.05, 0) is 55.2 Å². The minimum Gasteiger partial charge on any atom is -0.486 e. The molecule has 1 amide bonds. The fourth-order valence-electron chi connectivity index (χ4n) is 4.29. The van der Waals surface area contributed by atoms with Gasteiger partial charge in [-0.1, -0.05) is 36.0 Å². The van der Waals surface area contributed by atoms with Gasteiger partial charge in [-0.3, -0.25) is 4.79 Å². The maximum absolute atomic E-state index is 13.1. The third kappa shape index (κ3) is 3.72. The smallest absolute Gasteiger partial charge is 0.233 e. The molecule has 5 nitrogen and oxygen atoms in total. The summed E-state index contributed by atoms with van der Waals surface area (Å²) in [5.41, 5.74) is 3.28. The number of nitrogens with zero attached hydrogens (tertiary/aromatic N) is 2. The van der Waals surface area contributed by atoms with Gasteiger partial charge in [0.25, 0.3) is 0 Å². The zero-order valence-electron chi connectivity index (χ0n) is 17.0. The van der Waals surface area contributed by atoms with Gasteiger partial charge in [-0.2, -0.15) is 0 Å². The number of thioether (sulfide) groups is 1. The second-order valence-corrected chi connectivity index (χ2v) is 8.73. The molecule has 1 saturated heterocycles. The zero-order chi connectivity index (χ0) is 20.5. The van der Waals surface area contributed by atoms with E-state index in [-0.39, 0.29) is 11.9 Å². The number of aromatic nitrogens is 1. The summed E-state index contributed by atoms with van der Waals surface area (Å²) in [5, 5.41) is 2.06. The van der Waals surface area contributed by atoms with E-state index in [1.165, 1.54) is 17.3 Å². The molecule has 0 unspecified atom stereocenters. The van der Waals surface area contributed by atoms with E-state index in [9.17, 15) is 4.79 Å². The Hall–Kier alpha value is -2.73. The van der Waals surface area contributed by atoms with Crippen molar-refractivity contribution in [2.24, 2.45) is 0 Å². The summed E-state index contributed by atoms with van der Waals surface area (Å²) in [4.78, 5) is 19.8. The minimum absolute atomic E-state index is 0.0974. The Morgan fingerprint density at radius 2 is 1.97 bits per heavy atom. The van der Waals surface area contributed by atoms with Crippen LogP contribution in [0.1, 0.15) is 30.0 Å². The lowest BCUT2D eigenvalue weighted by molar-refractivity contribution is -0.129. The Kier molecular flexibility index (Phi) is 5.25. The summed E-state index contributed by atoms with van der Waals surface area (Å²) in [7, 11) is 0. The summed E-state index contributed by atoms with van der Waals surface area (Å²) in [6, 6.07) is 16.3. The van der Waals surface area contributed by atoms with Crippen LogP contribution in [-0.2, 0) is 4.79 Å². The first-order valence-electron chi connectivity index (χ1n) is 10.4. The highest BCUT2D eigenvalue weighted by Gasteiger charge is 2.30. The molecule has 1 fully saturated rings. The molecule has 0 radical (unpaired) electrons. The van der Waals surface area contributed by atoms with Crippen molar-refractivity contribution in [3.63, 3.8) is 0 Å². The molecular formula is C24H24N2O3S. The third-order valence-corrected chi connectivity index (χ3v) is 6.66. The maximum Gasteiger partial charge on any atom is 0.233 e. The summed E-state index contributed by atoms with van der Waals surface area (Å²) < 4.78 is 11.4. The molecule has 0 spiro atoms. The molecule has 30 heavy (non-hydrogen) atoms. The van der Waals surface area contributed by atoms with Crippen molar-refractivity contribution in [2.45, 2.75) is 30.8 Å². The van der Waals surface area contributed by atoms with Crippen LogP contribution in [0.4, 0.5) is 0 Å². The second kappa shape index (κ2) is 8.19. The van der Waals surface area contributed by atoms with E-state index in [0.717, 1.165) is 52.4 Å². The number of aryl methyl sites for hydroxylation is 1. The first-order valence-corrected chi connectivity index (χ1v) is 11.4. The number of para-hydroxylation sites is 1. The number of ether oxygens (including phenoxy) is 2. The number of fused-ring (bicyclic) bond motifs is 2. The Morgan fingerprint density at radius 1 is 1.13 bits per heavy atom. The Labute approximate surface area is 180 Å². The summed E-state index contributed by atoms with van der Waals surface area (Å²) in [6.07, 6.45) is 1.99. The summed E-state index contributed by atoms with van der Waals surface area (Å²) in [6.45, 7) is 4.04. The molecule has 0 N–H and O–H groups in total. The van der Waals surface area contributed by atoms with Crippen LogP contribution >= 0.6 is 11.8 Å². The maximum atomic E-state index is 13.1. The van der Waals surface area contributed by atoms with Gasteiger partial charge in [0.2, 0.25) is 5.91 Å². The van der Waals surface area contributed by atoms with Gasteiger partial charge in [0.1, 0.15) is 13.2 Å². The quantitative estimate of drug-likeness (QED) is 0.569. The first-order chi connectivity index (χ1) is 14.7. The molecule has 1 aromatic heterocycles. The van der Waals surface area contributed by atoms with Gasteiger partial charge in [-0.15, -0.1) is 0 Å². The molecule has 154 valence electrons. The molecule has 2 aliphatic heterocycles. The van der Waals surface area contributed by atoms with Gasteiger partial charge >= 0.3 is 0 Å². The van der Waals surface area contributed by atoms with Gasteiger partial charge in [-0.25, -0.2) is 4.98 Å². The van der Waals surface area contributed by atoms with Gasteiger partial charge in [0, 0.05) is 11.9 Å². The van der Waals surface area contributed by atoms with Gasteiger partial charge in [0.15, 0.2) is 11.5 Å². The van der Waals surface area contributed by atoms with Crippen LogP contribution in [0.15, 0.2) is 53.6 Å². The van der Waals surface area contributed by atoms with Crippen LogP contribution in [-0.4, -0.2) is 41.3 Å². The van der Waals surface area contributed by atoms with Crippen LogP contribution < -0.4 is 9.47 Å². The summed E-state index contributed by atoms with van der Waals surface area (Å²) in [5.74, 6) is 2.12. The molecule has 5 rings (SSSR count). The lowest BCUT2D eigenvalue weighted by Gasteiger charge is -2.26. The highest BCUT2D eigenvalue weighted by molar-refractivity contribution is 7.99. The third-order valence-electron chi connectivity index (χ3n) is 5.77. The van der Waals surface area contributed by atoms with Crippen molar-refractivity contribution >= 4 is 28.6 Å². The predicted octanol–water partition coefficient (Wildman–Crippen LogP) is 4.77. The number of rotatable bonds is 4. The highest BCUT2D eigenvalue weighted by Crippen LogP contribution is 2.38. The van der Waals surface area contributed by atoms with Crippen molar-refractivity contribution in [1.82, 2.24) is 9.88 Å². The average molecular weight is 421 g/mol. The zero-order valence-corrected chi connectivity index (χ0v) is 17.8. The lowest BCUT2D eigenvalue weighted by Crippen LogP contribution is -2.32. The fraction of sp³-hybridized carbons (Fsp3) is 0.333. The Morgan fingerprint density at radius 3 is 2.87 bits per heavy atom. The first kappa shape index (κ1) is 19.2. The number of hydrogen-bond donors (Lipinski definition) is 0. The van der Waals surface area contributed by atoms with E-state index in [1.807, 2.05) is 35.2 Å². The van der Waals surface area contributed by atoms with Crippen LogP contribution in [0.25, 0.3) is 10.9 Å². The number of amides is 1. The lowest BCUT2D eigenvalue weighted by atomic mass is 10.0. The second-order valence-electron chi connectivity index (χ2n) is 7.73. The van der Waals surface area contributed by atoms with Crippen LogP contribution in [0.2, 0.25) is 0 Å². The molecule has 0 saturated carbocycles. The monoisotopic (exact) mass is 420 g/mol. The number of hydrogen-bond acceptors (Lipinski definition) is 5. The normalized spacial score (nSPS) is 18.0.